The van der Waals surface area contributed by atoms with Crippen molar-refractivity contribution in [1.29, 1.82) is 0 Å². The molecule has 6 heterocycles. The van der Waals surface area contributed by atoms with Crippen LogP contribution in [0.15, 0.2) is 263 Å². The summed E-state index contributed by atoms with van der Waals surface area (Å²) in [5.41, 5.74) is 8.23. The molecule has 3 fully saturated rings. The van der Waals surface area contributed by atoms with Crippen LogP contribution in [-0.4, -0.2) is 164 Å². The van der Waals surface area contributed by atoms with Crippen molar-refractivity contribution in [3.63, 3.8) is 0 Å². The number of aromatic amines is 1. The van der Waals surface area contributed by atoms with Crippen molar-refractivity contribution in [2.24, 2.45) is 0 Å². The molecule has 3 amide bonds. The van der Waals surface area contributed by atoms with Crippen molar-refractivity contribution in [2.45, 2.75) is 14.7 Å². The van der Waals surface area contributed by atoms with Crippen LogP contribution in [0, 0.1) is 23.5 Å². The molecule has 112 heavy (non-hydrogen) atoms. The topological polar surface area (TPSA) is 255 Å². The third-order valence-corrected chi connectivity index (χ3v) is 23.9. The third-order valence-electron chi connectivity index (χ3n) is 19.1. The standard InChI is InChI=1S/C28H21FN3O4S.C28H22FN3O4S.C22H19N3O2.C6H4ClFO2S/c29-21-7-4-8-22(18-21)37(34,35)32-26-12-11-20(28(33)31-13-15-36-16-14-31)17-25(26)30-27(32)24-10-3-6-19-5-1-2-9-23(19)24;29-21-7-4-8-22(18-21)37(34,35)32-26-17-20(28(33)31-13-15-36-16-14-31)11-12-25(26)30-27(32)24-10-3-6-19-5-1-2-9-23(19)24;26-22(25-10-12-27-13-11-25)16-8-9-19-20(14-16)24-21(23-19)18-7-3-5-15-4-1-2-6-17(15)18;7-11(9,10)6-3-1-2-5(8)4-6/h1-5,7-12,17-18H,13-16H2;1-12,17-18H,13-16H2;1-9,14H,10-13H2,(H,23,24);1-4H/q+1;;;. The molecule has 11 aromatic carbocycles. The predicted octanol–water partition coefficient (Wildman–Crippen LogP) is 14.4. The molecule has 0 unspecified atom stereocenters. The zero-order valence-corrected chi connectivity index (χ0v) is 62.6. The molecule has 3 aromatic heterocycles. The number of halogens is 4. The number of fused-ring (bicyclic) bond motifs is 6. The Kier molecular flexibility index (Phi) is 21.6. The van der Waals surface area contributed by atoms with Gasteiger partial charge in [-0.25, -0.2) is 61.3 Å². The van der Waals surface area contributed by atoms with Crippen LogP contribution in [0.4, 0.5) is 13.2 Å². The molecular formula is C84H66ClF3N9O12S3+. The van der Waals surface area contributed by atoms with Crippen LogP contribution in [0.1, 0.15) is 48.0 Å². The fraction of sp³-hybridized carbons (Fsp3) is 0.143. The van der Waals surface area contributed by atoms with Gasteiger partial charge in [-0.2, -0.15) is 0 Å². The van der Waals surface area contributed by atoms with E-state index in [1.807, 2.05) is 102 Å². The number of imidazole rings is 3. The Balaban J connectivity index is 0.000000125. The van der Waals surface area contributed by atoms with Gasteiger partial charge in [-0.05, 0) is 149 Å². The second-order valence-corrected chi connectivity index (χ2v) is 32.3. The molecule has 3 aliphatic heterocycles. The highest BCUT2D eigenvalue weighted by Gasteiger charge is 2.34. The lowest BCUT2D eigenvalue weighted by molar-refractivity contribution is 0.0301. The van der Waals surface area contributed by atoms with Crippen molar-refractivity contribution in [3.8, 4) is 22.8 Å². The Labute approximate surface area is 645 Å². The number of benzene rings is 11. The fourth-order valence-corrected chi connectivity index (χ4v) is 17.4. The van der Waals surface area contributed by atoms with Crippen LogP contribution >= 0.6 is 10.7 Å². The fourth-order valence-electron chi connectivity index (χ4n) is 13.6. The Morgan fingerprint density at radius 3 is 1.40 bits per heavy atom. The number of allylic oxidation sites excluding steroid dienone is 2. The van der Waals surface area contributed by atoms with Crippen molar-refractivity contribution >= 4 is 118 Å². The molecule has 1 aliphatic carbocycles. The zero-order chi connectivity index (χ0) is 77.8. The molecule has 21 nitrogen and oxygen atoms in total. The van der Waals surface area contributed by atoms with E-state index in [9.17, 15) is 52.8 Å². The average molecular weight is 1580 g/mol. The minimum atomic E-state index is -4.29. The van der Waals surface area contributed by atoms with Gasteiger partial charge in [-0.3, -0.25) is 14.4 Å². The molecule has 3 saturated heterocycles. The van der Waals surface area contributed by atoms with Gasteiger partial charge in [0.05, 0.1) is 99.1 Å². The number of morpholine rings is 3. The Morgan fingerprint density at radius 2 is 0.848 bits per heavy atom. The second kappa shape index (κ2) is 32.1. The maximum atomic E-state index is 14.1. The highest BCUT2D eigenvalue weighted by molar-refractivity contribution is 8.13. The minimum absolute atomic E-state index is 0.0431. The molecule has 18 rings (SSSR count). The third kappa shape index (κ3) is 15.7. The van der Waals surface area contributed by atoms with Crippen LogP contribution in [0.2, 0.25) is 0 Å². The van der Waals surface area contributed by atoms with Crippen LogP contribution in [0.5, 0.6) is 0 Å². The van der Waals surface area contributed by atoms with Crippen molar-refractivity contribution in [3.05, 3.63) is 306 Å². The molecule has 4 aliphatic rings. The molecule has 0 bridgehead atoms. The summed E-state index contributed by atoms with van der Waals surface area (Å²) in [5.74, 6) is -1.12. The molecule has 564 valence electrons. The van der Waals surface area contributed by atoms with E-state index in [0.717, 1.165) is 81.9 Å². The summed E-state index contributed by atoms with van der Waals surface area (Å²) in [7, 11) is -7.40. The van der Waals surface area contributed by atoms with Gasteiger partial charge < -0.3 is 33.9 Å². The molecule has 1 N–H and O–H groups in total. The van der Waals surface area contributed by atoms with Gasteiger partial charge in [0, 0.05) is 96.0 Å². The van der Waals surface area contributed by atoms with Gasteiger partial charge in [-0.15, -0.1) is 0 Å². The average Bonchev–Trinajstić information content (AvgIpc) is 1.58. The lowest BCUT2D eigenvalue weighted by Gasteiger charge is -2.26. The van der Waals surface area contributed by atoms with Crippen LogP contribution < -0.4 is 0 Å². The van der Waals surface area contributed by atoms with E-state index >= 15 is 0 Å². The van der Waals surface area contributed by atoms with Crippen LogP contribution in [-0.2, 0) is 43.3 Å². The zero-order valence-electron chi connectivity index (χ0n) is 59.4. The van der Waals surface area contributed by atoms with Gasteiger partial charge >= 0.3 is 0 Å². The number of aromatic nitrogens is 6. The van der Waals surface area contributed by atoms with E-state index in [4.69, 9.17) is 39.8 Å². The van der Waals surface area contributed by atoms with E-state index in [2.05, 4.69) is 35.3 Å². The number of carbonyl (C=O) groups is 3. The second-order valence-electron chi connectivity index (χ2n) is 26.1. The first-order valence-corrected chi connectivity index (χ1v) is 40.6. The number of nitrogens with zero attached hydrogens (tertiary/aromatic N) is 8. The highest BCUT2D eigenvalue weighted by Crippen LogP contribution is 2.38. The molecule has 0 spiro atoms. The summed E-state index contributed by atoms with van der Waals surface area (Å²) in [5, 5.41) is 4.08. The summed E-state index contributed by atoms with van der Waals surface area (Å²) < 4.78 is 136. The van der Waals surface area contributed by atoms with E-state index in [0.29, 0.717) is 118 Å². The van der Waals surface area contributed by atoms with E-state index in [1.165, 1.54) is 53.9 Å². The van der Waals surface area contributed by atoms with Crippen LogP contribution in [0.3, 0.4) is 0 Å². The summed E-state index contributed by atoms with van der Waals surface area (Å²) in [6.45, 7) is 6.20. The monoisotopic (exact) mass is 1580 g/mol. The molecular weight excluding hydrogens is 1520 g/mol. The predicted molar refractivity (Wildman–Crippen MR) is 419 cm³/mol. The number of ether oxygens (including phenoxy) is 3. The normalized spacial score (nSPS) is 14.5. The van der Waals surface area contributed by atoms with Crippen molar-refractivity contribution in [1.82, 2.24) is 42.6 Å². The molecule has 0 saturated carbocycles. The summed E-state index contributed by atoms with van der Waals surface area (Å²) in [4.78, 5) is 61.2. The lowest BCUT2D eigenvalue weighted by Crippen LogP contribution is -2.40. The lowest BCUT2D eigenvalue weighted by atomic mass is 9.95. The van der Waals surface area contributed by atoms with E-state index in [1.54, 1.807) is 64.4 Å². The smallest absolute Gasteiger partial charge is 0.270 e. The number of amides is 3. The minimum Gasteiger partial charge on any atom is -0.378 e. The number of hydrogen-bond acceptors (Lipinski definition) is 15. The molecule has 0 atom stereocenters. The molecule has 0 radical (unpaired) electrons. The number of nitrogens with one attached hydrogen (secondary N) is 1. The maximum absolute atomic E-state index is 14.1. The number of H-pyrrole nitrogens is 1. The Hall–Kier alpha value is -12.0. The first kappa shape index (κ1) is 75.4. The van der Waals surface area contributed by atoms with Gasteiger partial charge in [0.25, 0.3) is 46.8 Å². The molecule has 14 aromatic rings. The Bertz CT molecular complexity index is 6440. The highest BCUT2D eigenvalue weighted by atomic mass is 35.7. The first-order valence-electron chi connectivity index (χ1n) is 35.4. The van der Waals surface area contributed by atoms with Crippen LogP contribution in [0.25, 0.3) is 83.0 Å². The largest absolute Gasteiger partial charge is 0.378 e. The van der Waals surface area contributed by atoms with E-state index in [-0.39, 0.29) is 55.1 Å². The first-order chi connectivity index (χ1) is 54.2. The molecule has 28 heteroatoms. The van der Waals surface area contributed by atoms with E-state index < -0.39 is 46.5 Å². The number of hydrogen-bond donors (Lipinski definition) is 1. The Morgan fingerprint density at radius 1 is 0.411 bits per heavy atom. The quantitative estimate of drug-likeness (QED) is 0.0933. The van der Waals surface area contributed by atoms with Crippen molar-refractivity contribution < 1.29 is 67.0 Å². The summed E-state index contributed by atoms with van der Waals surface area (Å²) >= 11 is 0. The number of carbonyl (C=O) groups excluding carboxylic acids is 3. The number of rotatable bonds is 11. The summed E-state index contributed by atoms with van der Waals surface area (Å²) in [6, 6.07) is 64.7. The maximum Gasteiger partial charge on any atom is 0.270 e. The van der Waals surface area contributed by atoms with Gasteiger partial charge in [0.2, 0.25) is 0 Å². The summed E-state index contributed by atoms with van der Waals surface area (Å²) in [6.07, 6.45) is 6.62. The van der Waals surface area contributed by atoms with Gasteiger partial charge in [0.15, 0.2) is 17.2 Å². The SMILES string of the molecule is O=C(c1ccc2c(c1)nc(C1=CC=[C+]c3ccccc31)n2S(=O)(=O)c1cccc(F)c1)N1CCOCC1.O=C(c1ccc2nc(-c3cccc4ccccc34)[nH]c2c1)N1CCOCC1.O=C(c1ccc2nc(-c3cccc4ccccc34)n(S(=O)(=O)c3cccc(F)c3)c2c1)N1CCOCC1.O=S(=O)(Cl)c1cccc(F)c1. The van der Waals surface area contributed by atoms with Gasteiger partial charge in [-0.1, -0.05) is 103 Å². The van der Waals surface area contributed by atoms with Crippen molar-refractivity contribution in [2.75, 3.05) is 78.9 Å². The van der Waals surface area contributed by atoms with Gasteiger partial charge in [0.1, 0.15) is 28.8 Å².